The first kappa shape index (κ1) is 20.4. The van der Waals surface area contributed by atoms with Crippen molar-refractivity contribution < 1.29 is 24.2 Å². The van der Waals surface area contributed by atoms with Gasteiger partial charge in [-0.05, 0) is 24.5 Å². The zero-order valence-corrected chi connectivity index (χ0v) is 15.7. The number of carboxylic acids is 1. The van der Waals surface area contributed by atoms with Crippen LogP contribution in [0.4, 0.5) is 0 Å². The van der Waals surface area contributed by atoms with E-state index in [9.17, 15) is 14.7 Å². The van der Waals surface area contributed by atoms with Gasteiger partial charge in [-0.1, -0.05) is 32.0 Å². The summed E-state index contributed by atoms with van der Waals surface area (Å²) < 4.78 is 12.1. The summed E-state index contributed by atoms with van der Waals surface area (Å²) in [4.78, 5) is 24.1. The molecule has 0 radical (unpaired) electrons. The van der Waals surface area contributed by atoms with E-state index in [2.05, 4.69) is 10.4 Å². The SMILES string of the molecule is COCCOc1cn(-c2ccccc2)nc1C(=O)N[C@@H](CC(C)C)C(=O)O. The molecule has 0 saturated carbocycles. The van der Waals surface area contributed by atoms with Gasteiger partial charge in [0.15, 0.2) is 11.4 Å². The van der Waals surface area contributed by atoms with E-state index < -0.39 is 17.9 Å². The fourth-order valence-electron chi connectivity index (χ4n) is 2.49. The van der Waals surface area contributed by atoms with Crippen molar-refractivity contribution in [3.8, 4) is 11.4 Å². The normalized spacial score (nSPS) is 12.0. The van der Waals surface area contributed by atoms with Crippen molar-refractivity contribution in [2.45, 2.75) is 26.3 Å². The van der Waals surface area contributed by atoms with E-state index in [1.807, 2.05) is 44.2 Å². The van der Waals surface area contributed by atoms with E-state index >= 15 is 0 Å². The second-order valence-electron chi connectivity index (χ2n) is 6.46. The minimum atomic E-state index is -1.08. The molecule has 2 N–H and O–H groups in total. The summed E-state index contributed by atoms with van der Waals surface area (Å²) in [6, 6.07) is 8.27. The van der Waals surface area contributed by atoms with Crippen LogP contribution >= 0.6 is 0 Å². The van der Waals surface area contributed by atoms with Crippen LogP contribution in [0.5, 0.6) is 5.75 Å². The number of nitrogens with one attached hydrogen (secondary N) is 1. The molecule has 27 heavy (non-hydrogen) atoms. The summed E-state index contributed by atoms with van der Waals surface area (Å²) in [5.41, 5.74) is 0.787. The Morgan fingerprint density at radius 1 is 1.22 bits per heavy atom. The lowest BCUT2D eigenvalue weighted by Crippen LogP contribution is -2.42. The Morgan fingerprint density at radius 2 is 1.93 bits per heavy atom. The molecule has 0 aliphatic rings. The highest BCUT2D eigenvalue weighted by Gasteiger charge is 2.26. The fraction of sp³-hybridized carbons (Fsp3) is 0.421. The maximum Gasteiger partial charge on any atom is 0.326 e. The molecule has 146 valence electrons. The van der Waals surface area contributed by atoms with Gasteiger partial charge in [0.1, 0.15) is 12.6 Å². The molecule has 1 heterocycles. The number of carbonyl (C=O) groups is 2. The number of ether oxygens (including phenoxy) is 2. The standard InChI is InChI=1S/C19H25N3O5/c1-13(2)11-15(19(24)25)20-18(23)17-16(27-10-9-26-3)12-22(21-17)14-7-5-4-6-8-14/h4-8,12-13,15H,9-11H2,1-3H3,(H,20,23)(H,24,25)/t15-/m0/s1. The maximum absolute atomic E-state index is 12.7. The monoisotopic (exact) mass is 375 g/mol. The average molecular weight is 375 g/mol. The Kier molecular flexibility index (Phi) is 7.36. The zero-order chi connectivity index (χ0) is 19.8. The third kappa shape index (κ3) is 5.82. The molecule has 2 rings (SSSR count). The van der Waals surface area contributed by atoms with Crippen LogP contribution in [0.25, 0.3) is 5.69 Å². The molecule has 0 spiro atoms. The van der Waals surface area contributed by atoms with Crippen molar-refractivity contribution >= 4 is 11.9 Å². The molecule has 1 aromatic heterocycles. The smallest absolute Gasteiger partial charge is 0.326 e. The van der Waals surface area contributed by atoms with E-state index in [1.165, 1.54) is 4.68 Å². The fourth-order valence-corrected chi connectivity index (χ4v) is 2.49. The van der Waals surface area contributed by atoms with Crippen molar-refractivity contribution in [2.75, 3.05) is 20.3 Å². The summed E-state index contributed by atoms with van der Waals surface area (Å²) >= 11 is 0. The minimum Gasteiger partial charge on any atom is -0.487 e. The van der Waals surface area contributed by atoms with Crippen molar-refractivity contribution in [1.29, 1.82) is 0 Å². The largest absolute Gasteiger partial charge is 0.487 e. The van der Waals surface area contributed by atoms with E-state index in [4.69, 9.17) is 9.47 Å². The van der Waals surface area contributed by atoms with Crippen LogP contribution < -0.4 is 10.1 Å². The Labute approximate surface area is 158 Å². The van der Waals surface area contributed by atoms with Gasteiger partial charge in [-0.15, -0.1) is 0 Å². The molecule has 0 aliphatic carbocycles. The van der Waals surface area contributed by atoms with Gasteiger partial charge in [0, 0.05) is 7.11 Å². The highest BCUT2D eigenvalue weighted by molar-refractivity contribution is 5.97. The highest BCUT2D eigenvalue weighted by Crippen LogP contribution is 2.20. The summed E-state index contributed by atoms with van der Waals surface area (Å²) in [5, 5.41) is 16.2. The maximum atomic E-state index is 12.7. The Hall–Kier alpha value is -2.87. The first-order valence-corrected chi connectivity index (χ1v) is 8.72. The van der Waals surface area contributed by atoms with Gasteiger partial charge in [-0.3, -0.25) is 4.79 Å². The lowest BCUT2D eigenvalue weighted by molar-refractivity contribution is -0.139. The quantitative estimate of drug-likeness (QED) is 0.617. The Morgan fingerprint density at radius 3 is 2.52 bits per heavy atom. The molecular formula is C19H25N3O5. The molecule has 8 nitrogen and oxygen atoms in total. The molecule has 0 bridgehead atoms. The van der Waals surface area contributed by atoms with Crippen molar-refractivity contribution in [3.63, 3.8) is 0 Å². The number of rotatable bonds is 10. The van der Waals surface area contributed by atoms with Gasteiger partial charge in [0.05, 0.1) is 18.5 Å². The third-order valence-corrected chi connectivity index (χ3v) is 3.77. The Bertz CT molecular complexity index is 758. The number of carboxylic acid groups (broad SMARTS) is 1. The number of aliphatic carboxylic acids is 1. The number of para-hydroxylation sites is 1. The summed E-state index contributed by atoms with van der Waals surface area (Å²) in [5.74, 6) is -1.29. The number of aromatic nitrogens is 2. The van der Waals surface area contributed by atoms with Crippen molar-refractivity contribution in [3.05, 3.63) is 42.2 Å². The van der Waals surface area contributed by atoms with Gasteiger partial charge in [-0.2, -0.15) is 5.10 Å². The van der Waals surface area contributed by atoms with Crippen LogP contribution in [0.3, 0.4) is 0 Å². The Balaban J connectivity index is 2.27. The lowest BCUT2D eigenvalue weighted by Gasteiger charge is -2.16. The lowest BCUT2D eigenvalue weighted by atomic mass is 10.0. The molecule has 1 aromatic carbocycles. The summed E-state index contributed by atoms with van der Waals surface area (Å²) in [7, 11) is 1.55. The van der Waals surface area contributed by atoms with Crippen molar-refractivity contribution in [2.24, 2.45) is 5.92 Å². The van der Waals surface area contributed by atoms with Crippen LogP contribution in [0.15, 0.2) is 36.5 Å². The molecule has 0 unspecified atom stereocenters. The molecule has 1 amide bonds. The van der Waals surface area contributed by atoms with Crippen LogP contribution in [0.2, 0.25) is 0 Å². The van der Waals surface area contributed by atoms with Gasteiger partial charge in [0.2, 0.25) is 0 Å². The molecule has 8 heteroatoms. The second kappa shape index (κ2) is 9.72. The van der Waals surface area contributed by atoms with Crippen LogP contribution in [-0.2, 0) is 9.53 Å². The number of benzene rings is 1. The highest BCUT2D eigenvalue weighted by atomic mass is 16.5. The first-order chi connectivity index (χ1) is 12.9. The molecule has 1 atom stereocenters. The molecule has 0 aliphatic heterocycles. The first-order valence-electron chi connectivity index (χ1n) is 8.72. The third-order valence-electron chi connectivity index (χ3n) is 3.77. The number of amides is 1. The average Bonchev–Trinajstić information content (AvgIpc) is 3.06. The number of nitrogens with zero attached hydrogens (tertiary/aromatic N) is 2. The molecular weight excluding hydrogens is 350 g/mol. The second-order valence-corrected chi connectivity index (χ2v) is 6.46. The summed E-state index contributed by atoms with van der Waals surface area (Å²) in [6.07, 6.45) is 1.92. The number of hydrogen-bond donors (Lipinski definition) is 2. The van der Waals surface area contributed by atoms with E-state index in [0.717, 1.165) is 5.69 Å². The molecule has 0 saturated heterocycles. The van der Waals surface area contributed by atoms with Crippen LogP contribution in [0, 0.1) is 5.92 Å². The van der Waals surface area contributed by atoms with Gasteiger partial charge < -0.3 is 19.9 Å². The summed E-state index contributed by atoms with van der Waals surface area (Å²) in [6.45, 7) is 4.38. The zero-order valence-electron chi connectivity index (χ0n) is 15.7. The molecule has 0 fully saturated rings. The minimum absolute atomic E-state index is 0.0324. The topological polar surface area (TPSA) is 103 Å². The van der Waals surface area contributed by atoms with Gasteiger partial charge >= 0.3 is 5.97 Å². The molecule has 2 aromatic rings. The number of methoxy groups -OCH3 is 1. The van der Waals surface area contributed by atoms with Crippen LogP contribution in [-0.4, -0.2) is 53.1 Å². The van der Waals surface area contributed by atoms with E-state index in [-0.39, 0.29) is 24.0 Å². The van der Waals surface area contributed by atoms with Crippen molar-refractivity contribution in [1.82, 2.24) is 15.1 Å². The van der Waals surface area contributed by atoms with Gasteiger partial charge in [-0.25, -0.2) is 9.48 Å². The van der Waals surface area contributed by atoms with Crippen LogP contribution in [0.1, 0.15) is 30.8 Å². The van der Waals surface area contributed by atoms with E-state index in [0.29, 0.717) is 13.0 Å². The van der Waals surface area contributed by atoms with E-state index in [1.54, 1.807) is 13.3 Å². The number of carbonyl (C=O) groups excluding carboxylic acids is 1. The predicted molar refractivity (Wildman–Crippen MR) is 99.3 cm³/mol. The number of hydrogen-bond acceptors (Lipinski definition) is 5. The predicted octanol–water partition coefficient (Wildman–Crippen LogP) is 2.13. The van der Waals surface area contributed by atoms with Gasteiger partial charge in [0.25, 0.3) is 5.91 Å².